The van der Waals surface area contributed by atoms with E-state index in [0.29, 0.717) is 30.4 Å². The van der Waals surface area contributed by atoms with Crippen molar-refractivity contribution in [2.45, 2.75) is 19.6 Å². The Morgan fingerprint density at radius 2 is 1.80 bits per heavy atom. The second-order valence-corrected chi connectivity index (χ2v) is 9.92. The quantitative estimate of drug-likeness (QED) is 0.325. The average Bonchev–Trinajstić information content (AvgIpc) is 2.96. The Hall–Kier alpha value is -4.42. The van der Waals surface area contributed by atoms with Crippen molar-refractivity contribution in [3.05, 3.63) is 89.5 Å². The van der Waals surface area contributed by atoms with Gasteiger partial charge in [-0.3, -0.25) is 14.7 Å². The molecule has 0 bridgehead atoms. The third-order valence-electron chi connectivity index (χ3n) is 6.87. The number of anilines is 3. The Kier molecular flexibility index (Phi) is 8.22. The molecule has 1 fully saturated rings. The van der Waals surface area contributed by atoms with Gasteiger partial charge in [0.15, 0.2) is 0 Å². The smallest absolute Gasteiger partial charge is 0.324 e. The highest BCUT2D eigenvalue weighted by atomic mass is 19.4. The van der Waals surface area contributed by atoms with E-state index in [2.05, 4.69) is 35.5 Å². The molecule has 9 nitrogen and oxygen atoms in total. The molecule has 0 saturated carbocycles. The van der Waals surface area contributed by atoms with Gasteiger partial charge in [-0.2, -0.15) is 13.2 Å². The maximum atomic E-state index is 14.0. The van der Waals surface area contributed by atoms with Gasteiger partial charge in [0.05, 0.1) is 11.3 Å². The van der Waals surface area contributed by atoms with Crippen LogP contribution < -0.4 is 10.6 Å². The van der Waals surface area contributed by atoms with Crippen molar-refractivity contribution in [2.75, 3.05) is 43.9 Å². The van der Waals surface area contributed by atoms with Crippen LogP contribution in [0.15, 0.2) is 67.3 Å². The first-order valence-corrected chi connectivity index (χ1v) is 13.1. The Morgan fingerprint density at radius 1 is 1.00 bits per heavy atom. The van der Waals surface area contributed by atoms with Gasteiger partial charge in [0.1, 0.15) is 5.82 Å². The summed E-state index contributed by atoms with van der Waals surface area (Å²) >= 11 is 0. The molecule has 0 atom stereocenters. The van der Waals surface area contributed by atoms with E-state index in [1.165, 1.54) is 12.1 Å². The Labute approximate surface area is 235 Å². The summed E-state index contributed by atoms with van der Waals surface area (Å²) in [6, 6.07) is 10.8. The highest BCUT2D eigenvalue weighted by Gasteiger charge is 2.34. The van der Waals surface area contributed by atoms with Gasteiger partial charge >= 0.3 is 6.18 Å². The fourth-order valence-corrected chi connectivity index (χ4v) is 4.50. The van der Waals surface area contributed by atoms with Crippen LogP contribution in [0.25, 0.3) is 11.3 Å². The second kappa shape index (κ2) is 12.0. The zero-order valence-electron chi connectivity index (χ0n) is 22.6. The lowest BCUT2D eigenvalue weighted by atomic mass is 10.0. The number of aromatic nitrogens is 4. The number of piperazine rings is 1. The molecule has 1 aliphatic heterocycles. The van der Waals surface area contributed by atoms with Crippen LogP contribution in [0.2, 0.25) is 0 Å². The molecule has 0 radical (unpaired) electrons. The summed E-state index contributed by atoms with van der Waals surface area (Å²) in [5, 5.41) is 5.73. The highest BCUT2D eigenvalue weighted by molar-refractivity contribution is 6.04. The first kappa shape index (κ1) is 28.1. The van der Waals surface area contributed by atoms with Gasteiger partial charge in [-0.1, -0.05) is 6.07 Å². The van der Waals surface area contributed by atoms with Crippen LogP contribution in [-0.4, -0.2) is 68.9 Å². The van der Waals surface area contributed by atoms with Crippen LogP contribution in [0.4, 0.5) is 30.6 Å². The topological polar surface area (TPSA) is 99.2 Å². The zero-order chi connectivity index (χ0) is 29.0. The molecular formula is C29H29F3N8O. The molecule has 4 aromatic rings. The Bertz CT molecular complexity index is 1520. The zero-order valence-corrected chi connectivity index (χ0v) is 22.6. The molecule has 12 heteroatoms. The number of likely N-dealkylation sites (N-methyl/N-ethyl adjacent to an activating group) is 1. The number of carbonyl (C=O) groups is 1. The average molecular weight is 563 g/mol. The summed E-state index contributed by atoms with van der Waals surface area (Å²) in [5.41, 5.74) is 2.06. The number of nitrogens with zero attached hydrogens (tertiary/aromatic N) is 6. The molecule has 1 amide bonds. The summed E-state index contributed by atoms with van der Waals surface area (Å²) < 4.78 is 41.9. The number of pyridine rings is 2. The van der Waals surface area contributed by atoms with Crippen LogP contribution in [0.5, 0.6) is 0 Å². The van der Waals surface area contributed by atoms with Gasteiger partial charge in [0.2, 0.25) is 5.95 Å². The number of halogens is 3. The molecule has 1 aliphatic rings. The van der Waals surface area contributed by atoms with E-state index < -0.39 is 17.6 Å². The number of benzene rings is 1. The molecule has 3 aromatic heterocycles. The SMILES string of the molecule is Cc1cnc(NC(=O)c2ccc(CN3CCN(C)CC3)c(C(F)(F)F)c2)cc1Nc1nccc(-c2cccnc2)n1. The van der Waals surface area contributed by atoms with E-state index in [1.54, 1.807) is 36.9 Å². The summed E-state index contributed by atoms with van der Waals surface area (Å²) in [4.78, 5) is 34.3. The lowest BCUT2D eigenvalue weighted by Crippen LogP contribution is -2.44. The maximum absolute atomic E-state index is 14.0. The minimum atomic E-state index is -4.60. The van der Waals surface area contributed by atoms with Gasteiger partial charge < -0.3 is 15.5 Å². The van der Waals surface area contributed by atoms with Gasteiger partial charge in [0.25, 0.3) is 5.91 Å². The largest absolute Gasteiger partial charge is 0.416 e. The monoisotopic (exact) mass is 562 g/mol. The molecule has 4 heterocycles. The van der Waals surface area contributed by atoms with Gasteiger partial charge in [0, 0.05) is 80.4 Å². The number of hydrogen-bond acceptors (Lipinski definition) is 8. The number of amides is 1. The van der Waals surface area contributed by atoms with Crippen LogP contribution in [0.3, 0.4) is 0 Å². The molecule has 5 rings (SSSR count). The van der Waals surface area contributed by atoms with E-state index in [-0.39, 0.29) is 23.5 Å². The van der Waals surface area contributed by atoms with E-state index in [9.17, 15) is 18.0 Å². The van der Waals surface area contributed by atoms with Crippen molar-refractivity contribution in [3.8, 4) is 11.3 Å². The predicted octanol–water partition coefficient (Wildman–Crippen LogP) is 5.00. The maximum Gasteiger partial charge on any atom is 0.416 e. The van der Waals surface area contributed by atoms with Crippen LogP contribution >= 0.6 is 0 Å². The molecule has 2 N–H and O–H groups in total. The van der Waals surface area contributed by atoms with Crippen molar-refractivity contribution in [1.29, 1.82) is 0 Å². The van der Waals surface area contributed by atoms with Crippen molar-refractivity contribution >= 4 is 23.4 Å². The third-order valence-corrected chi connectivity index (χ3v) is 6.87. The summed E-state index contributed by atoms with van der Waals surface area (Å²) in [5.74, 6) is -0.205. The standard InChI is InChI=1S/C29H29F3N8O/c1-19-16-35-26(15-25(19)37-28-34-9-7-24(36-28)21-4-3-8-33-17-21)38-27(41)20-5-6-22(23(14-20)29(30,31)32)18-40-12-10-39(2)11-13-40/h3-9,14-17H,10-13,18H2,1-2H3,(H2,34,35,36,37,38,41). The molecule has 0 spiro atoms. The van der Waals surface area contributed by atoms with E-state index >= 15 is 0 Å². The third kappa shape index (κ3) is 7.02. The number of aryl methyl sites for hydroxylation is 1. The first-order valence-electron chi connectivity index (χ1n) is 13.1. The summed E-state index contributed by atoms with van der Waals surface area (Å²) in [6.07, 6.45) is 1.93. The van der Waals surface area contributed by atoms with Crippen molar-refractivity contribution < 1.29 is 18.0 Å². The van der Waals surface area contributed by atoms with Crippen LogP contribution in [0, 0.1) is 6.92 Å². The molecule has 0 aliphatic carbocycles. The number of rotatable bonds is 7. The number of alkyl halides is 3. The summed E-state index contributed by atoms with van der Waals surface area (Å²) in [7, 11) is 1.99. The molecular weight excluding hydrogens is 533 g/mol. The second-order valence-electron chi connectivity index (χ2n) is 9.92. The van der Waals surface area contributed by atoms with Gasteiger partial charge in [-0.05, 0) is 55.4 Å². The number of nitrogens with one attached hydrogen (secondary N) is 2. The molecule has 1 saturated heterocycles. The van der Waals surface area contributed by atoms with E-state index in [1.807, 2.05) is 31.0 Å². The van der Waals surface area contributed by atoms with E-state index in [4.69, 9.17) is 0 Å². The minimum Gasteiger partial charge on any atom is -0.324 e. The van der Waals surface area contributed by atoms with Crippen molar-refractivity contribution in [3.63, 3.8) is 0 Å². The van der Waals surface area contributed by atoms with Crippen molar-refractivity contribution in [1.82, 2.24) is 29.7 Å². The number of hydrogen-bond donors (Lipinski definition) is 2. The van der Waals surface area contributed by atoms with E-state index in [0.717, 1.165) is 30.3 Å². The Balaban J connectivity index is 1.32. The first-order chi connectivity index (χ1) is 19.7. The highest BCUT2D eigenvalue weighted by Crippen LogP contribution is 2.34. The lowest BCUT2D eigenvalue weighted by Gasteiger charge is -2.33. The normalized spacial score (nSPS) is 14.6. The van der Waals surface area contributed by atoms with Crippen molar-refractivity contribution in [2.24, 2.45) is 0 Å². The van der Waals surface area contributed by atoms with Gasteiger partial charge in [-0.15, -0.1) is 0 Å². The lowest BCUT2D eigenvalue weighted by molar-refractivity contribution is -0.138. The fraction of sp³-hybridized carbons (Fsp3) is 0.276. The molecule has 212 valence electrons. The molecule has 0 unspecified atom stereocenters. The molecule has 41 heavy (non-hydrogen) atoms. The molecule has 1 aromatic carbocycles. The summed E-state index contributed by atoms with van der Waals surface area (Å²) in [6.45, 7) is 4.95. The minimum absolute atomic E-state index is 0.108. The predicted molar refractivity (Wildman–Crippen MR) is 150 cm³/mol. The van der Waals surface area contributed by atoms with Gasteiger partial charge in [-0.25, -0.2) is 15.0 Å². The number of carbonyl (C=O) groups excluding carboxylic acids is 1. The van der Waals surface area contributed by atoms with Crippen LogP contribution in [0.1, 0.15) is 27.0 Å². The Morgan fingerprint density at radius 3 is 2.54 bits per heavy atom. The fourth-order valence-electron chi connectivity index (χ4n) is 4.50. The van der Waals surface area contributed by atoms with Crippen LogP contribution in [-0.2, 0) is 12.7 Å².